The third-order valence-electron chi connectivity index (χ3n) is 4.65. The van der Waals surface area contributed by atoms with Crippen LogP contribution in [0.25, 0.3) is 0 Å². The second-order valence-electron chi connectivity index (χ2n) is 7.06. The van der Waals surface area contributed by atoms with Gasteiger partial charge in [0.25, 0.3) is 0 Å². The minimum atomic E-state index is -0.224. The molecule has 0 aromatic rings. The molecule has 0 bridgehead atoms. The summed E-state index contributed by atoms with van der Waals surface area (Å²) in [6.45, 7) is 8.92. The van der Waals surface area contributed by atoms with Gasteiger partial charge in [-0.15, -0.1) is 0 Å². The number of amides is 1. The van der Waals surface area contributed by atoms with Gasteiger partial charge in [-0.25, -0.2) is 0 Å². The lowest BCUT2D eigenvalue weighted by Gasteiger charge is -2.24. The van der Waals surface area contributed by atoms with Gasteiger partial charge < -0.3 is 9.64 Å². The van der Waals surface area contributed by atoms with E-state index in [9.17, 15) is 4.79 Å². The third-order valence-corrected chi connectivity index (χ3v) is 4.65. The van der Waals surface area contributed by atoms with Gasteiger partial charge in [0.2, 0.25) is 5.91 Å². The first kappa shape index (κ1) is 16.8. The first-order chi connectivity index (χ1) is 10.1. The zero-order chi connectivity index (χ0) is 15.3. The van der Waals surface area contributed by atoms with E-state index >= 15 is 0 Å². The number of hydrogen-bond donors (Lipinski definition) is 1. The van der Waals surface area contributed by atoms with E-state index < -0.39 is 0 Å². The van der Waals surface area contributed by atoms with Crippen LogP contribution in [0, 0.1) is 5.92 Å². The van der Waals surface area contributed by atoms with Gasteiger partial charge in [-0.1, -0.05) is 40.0 Å². The molecule has 1 spiro atoms. The zero-order valence-corrected chi connectivity index (χ0v) is 14.0. The van der Waals surface area contributed by atoms with Crippen molar-refractivity contribution in [1.29, 1.82) is 0 Å². The number of ether oxygens (including phenoxy) is 1. The van der Waals surface area contributed by atoms with Gasteiger partial charge in [0, 0.05) is 19.8 Å². The summed E-state index contributed by atoms with van der Waals surface area (Å²) >= 11 is 0. The van der Waals surface area contributed by atoms with Crippen LogP contribution in [-0.2, 0) is 9.53 Å². The van der Waals surface area contributed by atoms with Crippen LogP contribution in [0.4, 0.5) is 0 Å². The molecule has 1 N–H and O–H groups in total. The van der Waals surface area contributed by atoms with Gasteiger partial charge in [-0.2, -0.15) is 0 Å². The summed E-state index contributed by atoms with van der Waals surface area (Å²) in [6, 6.07) is 0. The maximum Gasteiger partial charge on any atom is 0.244 e. The van der Waals surface area contributed by atoms with Crippen molar-refractivity contribution >= 4 is 5.91 Å². The average molecular weight is 296 g/mol. The van der Waals surface area contributed by atoms with Gasteiger partial charge in [0.05, 0.1) is 11.7 Å². The highest BCUT2D eigenvalue weighted by Gasteiger charge is 2.51. The van der Waals surface area contributed by atoms with Gasteiger partial charge in [-0.05, 0) is 31.6 Å². The van der Waals surface area contributed by atoms with Gasteiger partial charge >= 0.3 is 0 Å². The highest BCUT2D eigenvalue weighted by molar-refractivity contribution is 5.89. The first-order valence-electron chi connectivity index (χ1n) is 8.75. The smallest absolute Gasteiger partial charge is 0.244 e. The summed E-state index contributed by atoms with van der Waals surface area (Å²) in [5, 5.41) is 3.66. The molecular weight excluding hydrogens is 264 g/mol. The minimum Gasteiger partial charge on any atom is -0.381 e. The SMILES string of the molecule is CCCC1NC2(CCCC2)C(=O)N1CCCOCC(C)C. The molecule has 1 aliphatic heterocycles. The van der Waals surface area contributed by atoms with E-state index in [4.69, 9.17) is 4.74 Å². The summed E-state index contributed by atoms with van der Waals surface area (Å²) in [4.78, 5) is 14.9. The van der Waals surface area contributed by atoms with Crippen molar-refractivity contribution in [3.8, 4) is 0 Å². The summed E-state index contributed by atoms with van der Waals surface area (Å²) in [5.41, 5.74) is -0.224. The van der Waals surface area contributed by atoms with Crippen LogP contribution in [0.2, 0.25) is 0 Å². The summed E-state index contributed by atoms with van der Waals surface area (Å²) in [6.07, 6.45) is 7.76. The van der Waals surface area contributed by atoms with E-state index in [2.05, 4.69) is 31.0 Å². The largest absolute Gasteiger partial charge is 0.381 e. The second kappa shape index (κ2) is 7.59. The molecule has 2 rings (SSSR count). The van der Waals surface area contributed by atoms with Crippen LogP contribution < -0.4 is 5.32 Å². The molecule has 0 radical (unpaired) electrons. The molecule has 1 unspecified atom stereocenters. The zero-order valence-electron chi connectivity index (χ0n) is 14.0. The molecule has 4 nitrogen and oxygen atoms in total. The lowest BCUT2D eigenvalue weighted by molar-refractivity contribution is -0.133. The summed E-state index contributed by atoms with van der Waals surface area (Å²) in [7, 11) is 0. The van der Waals surface area contributed by atoms with Crippen LogP contribution in [0.5, 0.6) is 0 Å². The Bertz CT molecular complexity index is 338. The maximum atomic E-state index is 12.8. The lowest BCUT2D eigenvalue weighted by atomic mass is 9.98. The number of rotatable bonds is 8. The van der Waals surface area contributed by atoms with E-state index in [1.54, 1.807) is 0 Å². The van der Waals surface area contributed by atoms with E-state index in [0.29, 0.717) is 11.8 Å². The van der Waals surface area contributed by atoms with Gasteiger partial charge in [-0.3, -0.25) is 10.1 Å². The number of nitrogens with one attached hydrogen (secondary N) is 1. The normalized spacial score (nSPS) is 24.7. The Labute approximate surface area is 129 Å². The van der Waals surface area contributed by atoms with Crippen LogP contribution in [0.15, 0.2) is 0 Å². The topological polar surface area (TPSA) is 41.6 Å². The van der Waals surface area contributed by atoms with Crippen molar-refractivity contribution in [3.05, 3.63) is 0 Å². The molecule has 0 aromatic heterocycles. The molecule has 2 aliphatic rings. The molecular formula is C17H32N2O2. The van der Waals surface area contributed by atoms with Crippen LogP contribution in [-0.4, -0.2) is 42.3 Å². The summed E-state index contributed by atoms with van der Waals surface area (Å²) in [5.74, 6) is 0.928. The molecule has 1 saturated heterocycles. The molecule has 1 amide bonds. The fraction of sp³-hybridized carbons (Fsp3) is 0.941. The van der Waals surface area contributed by atoms with Crippen LogP contribution >= 0.6 is 0 Å². The predicted molar refractivity (Wildman–Crippen MR) is 85.0 cm³/mol. The molecule has 1 saturated carbocycles. The number of hydrogen-bond acceptors (Lipinski definition) is 3. The highest BCUT2D eigenvalue weighted by atomic mass is 16.5. The van der Waals surface area contributed by atoms with Crippen molar-refractivity contribution in [2.75, 3.05) is 19.8 Å². The van der Waals surface area contributed by atoms with Crippen molar-refractivity contribution < 1.29 is 9.53 Å². The van der Waals surface area contributed by atoms with Gasteiger partial charge in [0.15, 0.2) is 0 Å². The number of carbonyl (C=O) groups excluding carboxylic acids is 1. The molecule has 1 atom stereocenters. The quantitative estimate of drug-likeness (QED) is 0.700. The standard InChI is InChI=1S/C17H32N2O2/c1-4-8-15-18-17(9-5-6-10-17)16(20)19(15)11-7-12-21-13-14(2)3/h14-15,18H,4-13H2,1-3H3. The third kappa shape index (κ3) is 3.98. The Hall–Kier alpha value is -0.610. The Kier molecular flexibility index (Phi) is 6.06. The molecule has 122 valence electrons. The van der Waals surface area contributed by atoms with E-state index in [0.717, 1.165) is 51.9 Å². The van der Waals surface area contributed by atoms with E-state index in [1.165, 1.54) is 12.8 Å². The van der Waals surface area contributed by atoms with E-state index in [-0.39, 0.29) is 11.7 Å². The minimum absolute atomic E-state index is 0.224. The Balaban J connectivity index is 1.84. The molecule has 1 aliphatic carbocycles. The van der Waals surface area contributed by atoms with Crippen molar-refractivity contribution in [1.82, 2.24) is 10.2 Å². The maximum absolute atomic E-state index is 12.8. The molecule has 0 aromatic carbocycles. The van der Waals surface area contributed by atoms with E-state index in [1.807, 2.05) is 0 Å². The summed E-state index contributed by atoms with van der Waals surface area (Å²) < 4.78 is 5.64. The van der Waals surface area contributed by atoms with Crippen molar-refractivity contribution in [2.45, 2.75) is 77.4 Å². The molecule has 4 heteroatoms. The number of nitrogens with zero attached hydrogens (tertiary/aromatic N) is 1. The lowest BCUT2D eigenvalue weighted by Crippen LogP contribution is -2.44. The van der Waals surface area contributed by atoms with Crippen LogP contribution in [0.3, 0.4) is 0 Å². The van der Waals surface area contributed by atoms with Gasteiger partial charge in [0.1, 0.15) is 0 Å². The fourth-order valence-electron chi connectivity index (χ4n) is 3.63. The average Bonchev–Trinajstić information content (AvgIpc) is 3.00. The van der Waals surface area contributed by atoms with Crippen LogP contribution in [0.1, 0.15) is 65.7 Å². The molecule has 1 heterocycles. The highest BCUT2D eigenvalue weighted by Crippen LogP contribution is 2.37. The molecule has 2 fully saturated rings. The fourth-order valence-corrected chi connectivity index (χ4v) is 3.63. The second-order valence-corrected chi connectivity index (χ2v) is 7.06. The van der Waals surface area contributed by atoms with Crippen molar-refractivity contribution in [2.24, 2.45) is 5.92 Å². The first-order valence-corrected chi connectivity index (χ1v) is 8.75. The Morgan fingerprint density at radius 1 is 1.38 bits per heavy atom. The number of carbonyl (C=O) groups is 1. The Morgan fingerprint density at radius 3 is 2.71 bits per heavy atom. The predicted octanol–water partition coefficient (Wildman–Crippen LogP) is 2.92. The monoisotopic (exact) mass is 296 g/mol. The van der Waals surface area contributed by atoms with Crippen molar-refractivity contribution in [3.63, 3.8) is 0 Å². The molecule has 21 heavy (non-hydrogen) atoms. The Morgan fingerprint density at radius 2 is 2.10 bits per heavy atom.